The first-order valence-electron chi connectivity index (χ1n) is 7.66. The van der Waals surface area contributed by atoms with Crippen molar-refractivity contribution in [1.82, 2.24) is 4.90 Å². The number of amidine groups is 1. The second kappa shape index (κ2) is 7.72. The fourth-order valence-corrected chi connectivity index (χ4v) is 3.46. The molecule has 2 aromatic carbocycles. The molecule has 1 N–H and O–H groups in total. The topological polar surface area (TPSA) is 61.8 Å². The highest BCUT2D eigenvalue weighted by Gasteiger charge is 2.34. The summed E-state index contributed by atoms with van der Waals surface area (Å²) in [6, 6.07) is 16.2. The van der Waals surface area contributed by atoms with Crippen LogP contribution in [0.3, 0.4) is 0 Å². The minimum absolute atomic E-state index is 0.133. The molecule has 0 aromatic heterocycles. The molecule has 1 saturated heterocycles. The molecule has 0 saturated carbocycles. The van der Waals surface area contributed by atoms with Gasteiger partial charge in [0.2, 0.25) is 11.8 Å². The minimum atomic E-state index is -0.526. The second-order valence-corrected chi connectivity index (χ2v) is 7.10. The van der Waals surface area contributed by atoms with Crippen molar-refractivity contribution in [3.8, 4) is 0 Å². The van der Waals surface area contributed by atoms with Gasteiger partial charge in [0.05, 0.1) is 5.69 Å². The van der Waals surface area contributed by atoms with Crippen LogP contribution in [0.5, 0.6) is 0 Å². The zero-order valence-electron chi connectivity index (χ0n) is 13.5. The molecule has 1 heterocycles. The summed E-state index contributed by atoms with van der Waals surface area (Å²) in [5, 5.41) is 3.40. The Balaban J connectivity index is 1.76. The van der Waals surface area contributed by atoms with Crippen molar-refractivity contribution in [2.45, 2.75) is 11.7 Å². The van der Waals surface area contributed by atoms with Crippen LogP contribution in [0.4, 0.5) is 11.4 Å². The Kier molecular flexibility index (Phi) is 5.40. The van der Waals surface area contributed by atoms with Crippen molar-refractivity contribution in [1.29, 1.82) is 0 Å². The van der Waals surface area contributed by atoms with Crippen molar-refractivity contribution in [3.63, 3.8) is 0 Å². The summed E-state index contributed by atoms with van der Waals surface area (Å²) in [5.74, 6) is -0.362. The highest BCUT2D eigenvalue weighted by molar-refractivity contribution is 8.15. The quantitative estimate of drug-likeness (QED) is 0.886. The van der Waals surface area contributed by atoms with Gasteiger partial charge in [0, 0.05) is 24.2 Å². The van der Waals surface area contributed by atoms with Gasteiger partial charge in [-0.3, -0.25) is 14.5 Å². The van der Waals surface area contributed by atoms with Crippen molar-refractivity contribution in [3.05, 3.63) is 59.6 Å². The van der Waals surface area contributed by atoms with Gasteiger partial charge in [0.1, 0.15) is 5.25 Å². The van der Waals surface area contributed by atoms with E-state index in [1.165, 1.54) is 16.7 Å². The van der Waals surface area contributed by atoms with Gasteiger partial charge in [-0.15, -0.1) is 0 Å². The Bertz CT molecular complexity index is 809. The number of aliphatic imine (C=N–C) groups is 1. The number of carbonyl (C=O) groups is 2. The Hall–Kier alpha value is -2.31. The van der Waals surface area contributed by atoms with Gasteiger partial charge in [0.25, 0.3) is 0 Å². The normalized spacial score (nSPS) is 19.1. The molecule has 25 heavy (non-hydrogen) atoms. The van der Waals surface area contributed by atoms with E-state index in [9.17, 15) is 9.59 Å². The van der Waals surface area contributed by atoms with E-state index in [0.29, 0.717) is 15.9 Å². The Labute approximate surface area is 155 Å². The van der Waals surface area contributed by atoms with Gasteiger partial charge in [-0.2, -0.15) is 0 Å². The molecule has 7 heteroatoms. The summed E-state index contributed by atoms with van der Waals surface area (Å²) >= 11 is 7.13. The third kappa shape index (κ3) is 4.41. The summed E-state index contributed by atoms with van der Waals surface area (Å²) < 4.78 is 0. The van der Waals surface area contributed by atoms with E-state index in [1.54, 1.807) is 31.3 Å². The Morgan fingerprint density at radius 3 is 2.56 bits per heavy atom. The van der Waals surface area contributed by atoms with Crippen LogP contribution in [0.2, 0.25) is 5.02 Å². The van der Waals surface area contributed by atoms with Crippen LogP contribution in [0.1, 0.15) is 6.42 Å². The fraction of sp³-hybridized carbons (Fsp3) is 0.167. The van der Waals surface area contributed by atoms with Gasteiger partial charge >= 0.3 is 0 Å². The highest BCUT2D eigenvalue weighted by Crippen LogP contribution is 2.29. The van der Waals surface area contributed by atoms with Gasteiger partial charge < -0.3 is 5.32 Å². The first-order chi connectivity index (χ1) is 12.0. The zero-order valence-corrected chi connectivity index (χ0v) is 15.1. The molecule has 0 aliphatic carbocycles. The van der Waals surface area contributed by atoms with E-state index >= 15 is 0 Å². The van der Waals surface area contributed by atoms with E-state index in [-0.39, 0.29) is 18.2 Å². The smallest absolute Gasteiger partial charge is 0.238 e. The average Bonchev–Trinajstić information content (AvgIpc) is 2.61. The van der Waals surface area contributed by atoms with Gasteiger partial charge in [-0.05, 0) is 36.4 Å². The minimum Gasteiger partial charge on any atom is -0.325 e. The van der Waals surface area contributed by atoms with Crippen LogP contribution in [0, 0.1) is 0 Å². The standard InChI is InChI=1S/C18H16ClN3O2S/c1-22-16(23)11-15(17(24)20-14-9-7-12(19)8-10-14)25-18(22)21-13-5-3-2-4-6-13/h2-10,15H,11H2,1H3,(H,20,24)/t15-/m1/s1. The van der Waals surface area contributed by atoms with E-state index in [0.717, 1.165) is 5.69 Å². The molecule has 0 radical (unpaired) electrons. The Morgan fingerprint density at radius 1 is 1.20 bits per heavy atom. The lowest BCUT2D eigenvalue weighted by atomic mass is 10.2. The number of nitrogens with zero attached hydrogens (tertiary/aromatic N) is 2. The zero-order chi connectivity index (χ0) is 17.8. The Morgan fingerprint density at radius 2 is 1.88 bits per heavy atom. The van der Waals surface area contributed by atoms with Crippen LogP contribution in [0.25, 0.3) is 0 Å². The number of halogens is 1. The molecule has 1 aliphatic heterocycles. The maximum absolute atomic E-state index is 12.5. The lowest BCUT2D eigenvalue weighted by molar-refractivity contribution is -0.128. The third-order valence-electron chi connectivity index (χ3n) is 3.65. The maximum Gasteiger partial charge on any atom is 0.238 e. The lowest BCUT2D eigenvalue weighted by Gasteiger charge is -2.28. The van der Waals surface area contributed by atoms with Crippen molar-refractivity contribution in [2.24, 2.45) is 4.99 Å². The predicted molar refractivity (Wildman–Crippen MR) is 102 cm³/mol. The van der Waals surface area contributed by atoms with E-state index in [4.69, 9.17) is 11.6 Å². The van der Waals surface area contributed by atoms with Crippen molar-refractivity contribution in [2.75, 3.05) is 12.4 Å². The monoisotopic (exact) mass is 373 g/mol. The number of anilines is 1. The van der Waals surface area contributed by atoms with Gasteiger partial charge in [0.15, 0.2) is 5.17 Å². The number of carbonyl (C=O) groups excluding carboxylic acids is 2. The third-order valence-corrected chi connectivity index (χ3v) is 5.15. The van der Waals surface area contributed by atoms with Crippen molar-refractivity contribution < 1.29 is 9.59 Å². The SMILES string of the molecule is CN1C(=O)C[C@H](C(=O)Nc2ccc(Cl)cc2)SC1=Nc1ccccc1. The lowest BCUT2D eigenvalue weighted by Crippen LogP contribution is -2.43. The average molecular weight is 374 g/mol. The molecule has 2 amide bonds. The predicted octanol–water partition coefficient (Wildman–Crippen LogP) is 3.93. The number of rotatable bonds is 3. The first kappa shape index (κ1) is 17.5. The number of thioether (sulfide) groups is 1. The first-order valence-corrected chi connectivity index (χ1v) is 8.92. The summed E-state index contributed by atoms with van der Waals surface area (Å²) in [4.78, 5) is 30.7. The van der Waals surface area contributed by atoms with Gasteiger partial charge in [-0.25, -0.2) is 4.99 Å². The van der Waals surface area contributed by atoms with Crippen LogP contribution in [-0.4, -0.2) is 34.2 Å². The summed E-state index contributed by atoms with van der Waals surface area (Å²) in [5.41, 5.74) is 1.38. The molecule has 1 fully saturated rings. The number of hydrogen-bond donors (Lipinski definition) is 1. The molecule has 128 valence electrons. The molecule has 5 nitrogen and oxygen atoms in total. The van der Waals surface area contributed by atoms with Crippen LogP contribution in [0.15, 0.2) is 59.6 Å². The van der Waals surface area contributed by atoms with E-state index in [1.807, 2.05) is 30.3 Å². The molecule has 2 aromatic rings. The van der Waals surface area contributed by atoms with Crippen LogP contribution >= 0.6 is 23.4 Å². The fourth-order valence-electron chi connectivity index (χ4n) is 2.27. The van der Waals surface area contributed by atoms with Crippen molar-refractivity contribution >= 4 is 51.7 Å². The van der Waals surface area contributed by atoms with E-state index < -0.39 is 5.25 Å². The number of para-hydroxylation sites is 1. The molecule has 0 bridgehead atoms. The molecule has 1 atom stereocenters. The molecule has 0 unspecified atom stereocenters. The second-order valence-electron chi connectivity index (χ2n) is 5.49. The maximum atomic E-state index is 12.5. The molecule has 3 rings (SSSR count). The number of nitrogens with one attached hydrogen (secondary N) is 1. The molecule has 1 aliphatic rings. The van der Waals surface area contributed by atoms with Gasteiger partial charge in [-0.1, -0.05) is 41.6 Å². The largest absolute Gasteiger partial charge is 0.325 e. The summed E-state index contributed by atoms with van der Waals surface area (Å²) in [7, 11) is 1.67. The molecule has 0 spiro atoms. The van der Waals surface area contributed by atoms with E-state index in [2.05, 4.69) is 10.3 Å². The van der Waals surface area contributed by atoms with Crippen LogP contribution < -0.4 is 5.32 Å². The van der Waals surface area contributed by atoms with Crippen LogP contribution in [-0.2, 0) is 9.59 Å². The highest BCUT2D eigenvalue weighted by atomic mass is 35.5. The molecular weight excluding hydrogens is 358 g/mol. The summed E-state index contributed by atoms with van der Waals surface area (Å²) in [6.07, 6.45) is 0.133. The number of hydrogen-bond acceptors (Lipinski definition) is 4. The molecular formula is C18H16ClN3O2S. The number of amides is 2. The number of benzene rings is 2. The summed E-state index contributed by atoms with van der Waals surface area (Å²) in [6.45, 7) is 0.